The van der Waals surface area contributed by atoms with Crippen molar-refractivity contribution in [2.24, 2.45) is 23.7 Å². The van der Waals surface area contributed by atoms with Crippen molar-refractivity contribution in [3.63, 3.8) is 0 Å². The van der Waals surface area contributed by atoms with E-state index in [-0.39, 0.29) is 43.5 Å². The second-order valence-electron chi connectivity index (χ2n) is 20.1. The van der Waals surface area contributed by atoms with Crippen molar-refractivity contribution in [3.05, 3.63) is 36.0 Å². The number of rotatable bonds is 16. The van der Waals surface area contributed by atoms with Gasteiger partial charge in [-0.05, 0) is 84.3 Å². The zero-order chi connectivity index (χ0) is 52.6. The van der Waals surface area contributed by atoms with Gasteiger partial charge in [-0.3, -0.25) is 24.1 Å². The Labute approximate surface area is 425 Å². The van der Waals surface area contributed by atoms with Gasteiger partial charge in [-0.25, -0.2) is 0 Å². The van der Waals surface area contributed by atoms with Gasteiger partial charge in [-0.15, -0.1) is 0 Å². The van der Waals surface area contributed by atoms with Crippen molar-refractivity contribution in [1.29, 1.82) is 0 Å². The number of hydrogen-bond donors (Lipinski definition) is 0. The molecule has 4 aliphatic rings. The third-order valence-electron chi connectivity index (χ3n) is 14.9. The molecule has 0 amide bonds. The molecule has 2 saturated heterocycles. The number of ketones is 1. The van der Waals surface area contributed by atoms with Gasteiger partial charge in [0.15, 0.2) is 32.8 Å². The fraction of sp³-hybridized carbons (Fsp3) is 0.811. The molecule has 2 bridgehead atoms. The Balaban J connectivity index is 1.74. The molecule has 0 radical (unpaired) electrons. The van der Waals surface area contributed by atoms with Crippen molar-refractivity contribution in [3.8, 4) is 0 Å². The molecule has 0 aromatic rings. The number of methoxy groups -OCH3 is 2. The molecule has 17 atom stereocenters. The zero-order valence-electron chi connectivity index (χ0n) is 45.5. The summed E-state index contributed by atoms with van der Waals surface area (Å²) in [7, 11) is 4.82. The number of allylic oxidation sites excluding steroid dienone is 3. The van der Waals surface area contributed by atoms with Gasteiger partial charge in [0.05, 0.1) is 62.8 Å². The normalized spacial score (nSPS) is 38.0. The summed E-state index contributed by atoms with van der Waals surface area (Å²) in [6, 6.07) is 2.26. The van der Waals surface area contributed by atoms with Gasteiger partial charge in [0.1, 0.15) is 24.4 Å². The Kier molecular flexibility index (Phi) is 25.0. The highest BCUT2D eigenvalue weighted by atomic mass is 28.4. The summed E-state index contributed by atoms with van der Waals surface area (Å²) in [4.78, 5) is 55.6. The van der Waals surface area contributed by atoms with E-state index >= 15 is 0 Å². The van der Waals surface area contributed by atoms with Gasteiger partial charge >= 0.3 is 17.9 Å². The molecule has 0 aromatic carbocycles. The Bertz CT molecular complexity index is 1760. The van der Waals surface area contributed by atoms with Crippen molar-refractivity contribution >= 4 is 32.0 Å². The number of likely N-dealkylation sites (N-methyl/N-ethyl adjacent to an activating group) is 1. The average Bonchev–Trinajstić information content (AvgIpc) is 3.32. The first-order valence-electron chi connectivity index (χ1n) is 26.0. The van der Waals surface area contributed by atoms with E-state index in [1.165, 1.54) is 13.8 Å². The van der Waals surface area contributed by atoms with E-state index in [0.29, 0.717) is 32.5 Å². The van der Waals surface area contributed by atoms with Gasteiger partial charge < -0.3 is 56.5 Å². The Morgan fingerprint density at radius 2 is 1.41 bits per heavy atom. The van der Waals surface area contributed by atoms with Gasteiger partial charge in [0, 0.05) is 52.4 Å². The van der Waals surface area contributed by atoms with Crippen LogP contribution in [0.3, 0.4) is 0 Å². The fourth-order valence-corrected chi connectivity index (χ4v) is 13.6. The number of cyclic esters (lactones) is 1. The van der Waals surface area contributed by atoms with Gasteiger partial charge in [-0.1, -0.05) is 71.4 Å². The van der Waals surface area contributed by atoms with Gasteiger partial charge in [0.25, 0.3) is 0 Å². The molecule has 0 aliphatic carbocycles. The predicted octanol–water partition coefficient (Wildman–Crippen LogP) is 7.15. The number of carbonyl (C=O) groups is 4. The van der Waals surface area contributed by atoms with Crippen LogP contribution in [0.2, 0.25) is 18.1 Å². The molecule has 0 aromatic heterocycles. The second kappa shape index (κ2) is 29.3. The molecule has 4 heterocycles. The Morgan fingerprint density at radius 3 is 2.01 bits per heavy atom. The molecule has 18 heteroatoms. The lowest BCUT2D eigenvalue weighted by atomic mass is 9.79. The summed E-state index contributed by atoms with van der Waals surface area (Å²) in [5.74, 6) is -3.44. The first-order valence-corrected chi connectivity index (χ1v) is 28.6. The predicted molar refractivity (Wildman–Crippen MR) is 269 cm³/mol. The van der Waals surface area contributed by atoms with Crippen LogP contribution < -0.4 is 0 Å². The maximum atomic E-state index is 14.5. The molecule has 17 nitrogen and oxygen atoms in total. The van der Waals surface area contributed by atoms with E-state index in [9.17, 15) is 19.2 Å². The number of carbonyl (C=O) groups excluding carboxylic acids is 4. The highest BCUT2D eigenvalue weighted by molar-refractivity contribution is 6.73. The number of fused-ring (bicyclic) bond motifs is 3. The van der Waals surface area contributed by atoms with Crippen LogP contribution in [-0.4, -0.2) is 171 Å². The number of hydrogen-bond acceptors (Lipinski definition) is 17. The van der Waals surface area contributed by atoms with Crippen LogP contribution in [0.1, 0.15) is 102 Å². The smallest absolute Gasteiger partial charge is 0.308 e. The summed E-state index contributed by atoms with van der Waals surface area (Å²) in [5.41, 5.74) is 0.780. The molecule has 0 spiro atoms. The maximum absolute atomic E-state index is 14.5. The van der Waals surface area contributed by atoms with Crippen molar-refractivity contribution in [2.45, 2.75) is 200 Å². The molecule has 0 unspecified atom stereocenters. The summed E-state index contributed by atoms with van der Waals surface area (Å²) in [5, 5.41) is 0. The second-order valence-corrected chi connectivity index (χ2v) is 24.8. The molecule has 406 valence electrons. The minimum atomic E-state index is -2.06. The summed E-state index contributed by atoms with van der Waals surface area (Å²) < 4.78 is 76.7. The molecule has 71 heavy (non-hydrogen) atoms. The minimum Gasteiger partial charge on any atom is -0.462 e. The number of ether oxygens (including phenoxy) is 11. The SMILES string of the molecule is CC[C@H]1OC(=O)C[C@H]2OC/C=C/COCC[C@@H](C[C@@H](C)C(=O)/C=C/C(C)=C/[C@@H]1CO[C@@H]1O[C@H](C)[C@@H](O[Si](CC)(CC)CC)[C@@H](OC)[C@H]1OC)[C@H](O[C@@H]1O[C@H](C)[C@@H](OC(C)=O)[C@H](N(C)C)[C@H]1OC(C)=O)[C@H]2C. The van der Waals surface area contributed by atoms with E-state index in [0.717, 1.165) is 23.7 Å². The number of nitrogens with zero attached hydrogens (tertiary/aromatic N) is 1. The van der Waals surface area contributed by atoms with Crippen LogP contribution in [0.4, 0.5) is 0 Å². The van der Waals surface area contributed by atoms with Crippen molar-refractivity contribution < 1.29 is 75.7 Å². The largest absolute Gasteiger partial charge is 0.462 e. The average molecular weight is 1020 g/mol. The third kappa shape index (κ3) is 16.8. The molecule has 2 fully saturated rings. The van der Waals surface area contributed by atoms with Crippen molar-refractivity contribution in [1.82, 2.24) is 4.90 Å². The highest BCUT2D eigenvalue weighted by Gasteiger charge is 2.53. The van der Waals surface area contributed by atoms with E-state index in [2.05, 4.69) is 20.8 Å². The van der Waals surface area contributed by atoms with Crippen LogP contribution in [0.25, 0.3) is 0 Å². The zero-order valence-corrected chi connectivity index (χ0v) is 46.5. The molecule has 4 rings (SSSR count). The van der Waals surface area contributed by atoms with Crippen LogP contribution in [0, 0.1) is 23.7 Å². The van der Waals surface area contributed by atoms with Crippen molar-refractivity contribution in [2.75, 3.05) is 54.7 Å². The summed E-state index contributed by atoms with van der Waals surface area (Å²) >= 11 is 0. The quantitative estimate of drug-likeness (QED) is 0.0657. The molecular formula is C53H89NO16Si. The molecule has 4 aliphatic heterocycles. The first kappa shape index (κ1) is 60.7. The third-order valence-corrected chi connectivity index (χ3v) is 19.6. The topological polar surface area (TPSA) is 182 Å². The highest BCUT2D eigenvalue weighted by Crippen LogP contribution is 2.38. The van der Waals surface area contributed by atoms with Crippen LogP contribution in [-0.2, 0) is 75.7 Å². The lowest BCUT2D eigenvalue weighted by Gasteiger charge is -2.48. The standard InChI is InChI=1S/C53H89NO16Si/c1-16-42-40(31-63-52-51(60-15)50(59-14)48(36(9)64-52)70-71(17-2,18-3)19-4)28-32(5)22-23-41(57)33(6)29-39-24-27-61-25-20-21-26-62-43(30-44(58)68-42)34(7)46(39)69-53-49(67-38(11)56)45(54(12)13)47(35(8)65-53)66-37(10)55/h20-23,28,33-36,39-40,42-43,45-53H,16-19,24-27,29-31H2,1-15H3/b21-20+,23-22+,32-28+/t33-,34+,35-,36-,39+,40-,42-,43-,45+,46-,47-,48-,49-,50-,51-,52-,53+/m1/s1. The van der Waals surface area contributed by atoms with E-state index < -0.39 is 111 Å². The fourth-order valence-electron chi connectivity index (χ4n) is 10.6. The maximum Gasteiger partial charge on any atom is 0.308 e. The first-order chi connectivity index (χ1) is 33.8. The van der Waals surface area contributed by atoms with Gasteiger partial charge in [-0.2, -0.15) is 0 Å². The van der Waals surface area contributed by atoms with E-state index in [4.69, 9.17) is 56.5 Å². The lowest BCUT2D eigenvalue weighted by molar-refractivity contribution is -0.308. The van der Waals surface area contributed by atoms with E-state index in [1.54, 1.807) is 47.4 Å². The monoisotopic (exact) mass is 1020 g/mol. The number of esters is 3. The lowest BCUT2D eigenvalue weighted by Crippen LogP contribution is -2.65. The molecule has 0 saturated carbocycles. The van der Waals surface area contributed by atoms with Crippen LogP contribution in [0.5, 0.6) is 0 Å². The van der Waals surface area contributed by atoms with Crippen LogP contribution >= 0.6 is 0 Å². The summed E-state index contributed by atoms with van der Waals surface area (Å²) in [6.07, 6.45) is 1.84. The Hall–Kier alpha value is -2.88. The summed E-state index contributed by atoms with van der Waals surface area (Å²) in [6.45, 7) is 21.6. The van der Waals surface area contributed by atoms with E-state index in [1.807, 2.05) is 57.7 Å². The van der Waals surface area contributed by atoms with Gasteiger partial charge in [0.2, 0.25) is 0 Å². The minimum absolute atomic E-state index is 0.0845. The van der Waals surface area contributed by atoms with Crippen LogP contribution in [0.15, 0.2) is 36.0 Å². The molecular weight excluding hydrogens is 935 g/mol. The molecule has 0 N–H and O–H groups in total. The Morgan fingerprint density at radius 1 is 0.789 bits per heavy atom.